The van der Waals surface area contributed by atoms with E-state index in [1.807, 2.05) is 54.3 Å². The number of nitrogens with zero attached hydrogens (tertiary/aromatic N) is 3. The smallest absolute Gasteiger partial charge is 0.280 e. The van der Waals surface area contributed by atoms with E-state index in [4.69, 9.17) is 16.6 Å². The van der Waals surface area contributed by atoms with Gasteiger partial charge in [0, 0.05) is 30.9 Å². The van der Waals surface area contributed by atoms with Crippen molar-refractivity contribution in [2.75, 3.05) is 11.9 Å². The van der Waals surface area contributed by atoms with E-state index < -0.39 is 11.0 Å². The van der Waals surface area contributed by atoms with Crippen LogP contribution in [0.5, 0.6) is 0 Å². The molecule has 4 aromatic rings. The quantitative estimate of drug-likeness (QED) is 0.174. The number of pyridine rings is 1. The Balaban J connectivity index is 1.43. The second-order valence-electron chi connectivity index (χ2n) is 8.96. The average molecular weight is 528 g/mol. The maximum Gasteiger partial charge on any atom is 0.280 e. The zero-order valence-electron chi connectivity index (χ0n) is 20.5. The number of aromatic nitrogens is 1. The van der Waals surface area contributed by atoms with E-state index in [0.29, 0.717) is 28.7 Å². The molecule has 0 saturated carbocycles. The number of rotatable bonds is 8. The van der Waals surface area contributed by atoms with E-state index in [0.717, 1.165) is 16.9 Å². The van der Waals surface area contributed by atoms with Crippen LogP contribution in [0.25, 0.3) is 11.3 Å². The van der Waals surface area contributed by atoms with Gasteiger partial charge >= 0.3 is 0 Å². The molecule has 2 aromatic heterocycles. The van der Waals surface area contributed by atoms with E-state index in [1.54, 1.807) is 36.5 Å². The van der Waals surface area contributed by atoms with Crippen molar-refractivity contribution in [3.05, 3.63) is 112 Å². The molecule has 1 fully saturated rings. The zero-order chi connectivity index (χ0) is 26.6. The molecule has 1 amide bonds. The highest BCUT2D eigenvalue weighted by Gasteiger charge is 2.41. The molecule has 9 nitrogen and oxygen atoms in total. The molecule has 2 aromatic carbocycles. The number of carbonyl (C=O) groups excluding carboxylic acids is 1. The summed E-state index contributed by atoms with van der Waals surface area (Å²) >= 11 is 5.67. The van der Waals surface area contributed by atoms with Gasteiger partial charge in [0.2, 0.25) is 5.91 Å². The van der Waals surface area contributed by atoms with E-state index in [1.165, 1.54) is 6.07 Å². The van der Waals surface area contributed by atoms with Crippen LogP contribution in [0.4, 0.5) is 11.4 Å². The van der Waals surface area contributed by atoms with Crippen molar-refractivity contribution in [3.8, 4) is 11.3 Å². The number of amides is 1. The minimum absolute atomic E-state index is 0.0422. The number of thiocarbonyl (C=S) groups is 1. The van der Waals surface area contributed by atoms with Gasteiger partial charge in [0.05, 0.1) is 22.2 Å². The van der Waals surface area contributed by atoms with Gasteiger partial charge in [-0.1, -0.05) is 30.3 Å². The number of aryl methyl sites for hydroxylation is 1. The molecule has 1 aliphatic heterocycles. The molecule has 5 rings (SSSR count). The monoisotopic (exact) mass is 527 g/mol. The molecule has 3 heterocycles. The lowest BCUT2D eigenvalue weighted by atomic mass is 10.0. The molecule has 0 aliphatic carbocycles. The Labute approximate surface area is 224 Å². The average Bonchev–Trinajstić information content (AvgIpc) is 3.52. The van der Waals surface area contributed by atoms with Gasteiger partial charge in [-0.25, -0.2) is 0 Å². The van der Waals surface area contributed by atoms with E-state index in [-0.39, 0.29) is 24.1 Å². The van der Waals surface area contributed by atoms with Crippen LogP contribution in [0.15, 0.2) is 89.5 Å². The fourth-order valence-electron chi connectivity index (χ4n) is 4.62. The third-order valence-electron chi connectivity index (χ3n) is 6.36. The minimum Gasteiger partial charge on any atom is -0.459 e. The number of nitro groups is 1. The van der Waals surface area contributed by atoms with E-state index in [2.05, 4.69) is 15.6 Å². The summed E-state index contributed by atoms with van der Waals surface area (Å²) in [7, 11) is 0. The first-order valence-corrected chi connectivity index (χ1v) is 12.5. The van der Waals surface area contributed by atoms with E-state index in [9.17, 15) is 14.9 Å². The lowest BCUT2D eigenvalue weighted by Crippen LogP contribution is -2.32. The van der Waals surface area contributed by atoms with Crippen LogP contribution >= 0.6 is 12.2 Å². The number of nitro benzene ring substituents is 1. The second-order valence-corrected chi connectivity index (χ2v) is 9.35. The van der Waals surface area contributed by atoms with Gasteiger partial charge < -0.3 is 20.0 Å². The van der Waals surface area contributed by atoms with Gasteiger partial charge in [0.1, 0.15) is 17.6 Å². The Morgan fingerprint density at radius 1 is 1.13 bits per heavy atom. The standard InChI is InChI=1S/C28H25N5O4S/c1-18-7-6-8-19(17-18)30-25(34)14-16-32-27(26(31-28(32)38)21-10-4-5-15-29-21)24-13-12-23(37-24)20-9-2-3-11-22(20)33(35)36/h2-13,15,17,26-27H,14,16H2,1H3,(H,30,34)(H,31,38)/t26-,27+/m0/s1. The Morgan fingerprint density at radius 3 is 2.71 bits per heavy atom. The first kappa shape index (κ1) is 25.1. The van der Waals surface area contributed by atoms with Crippen LogP contribution in [0.3, 0.4) is 0 Å². The van der Waals surface area contributed by atoms with Crippen LogP contribution in [-0.4, -0.2) is 32.4 Å². The predicted molar refractivity (Wildman–Crippen MR) is 147 cm³/mol. The summed E-state index contributed by atoms with van der Waals surface area (Å²) in [5, 5.41) is 18.3. The zero-order valence-corrected chi connectivity index (χ0v) is 21.4. The lowest BCUT2D eigenvalue weighted by molar-refractivity contribution is -0.384. The molecule has 38 heavy (non-hydrogen) atoms. The second kappa shape index (κ2) is 10.8. The molecule has 1 aliphatic rings. The predicted octanol–water partition coefficient (Wildman–Crippen LogP) is 5.56. The maximum atomic E-state index is 12.8. The molecule has 0 bridgehead atoms. The highest BCUT2D eigenvalue weighted by atomic mass is 32.1. The van der Waals surface area contributed by atoms with Gasteiger partial charge in [0.15, 0.2) is 5.11 Å². The van der Waals surface area contributed by atoms with Crippen LogP contribution in [-0.2, 0) is 4.79 Å². The number of furan rings is 1. The van der Waals surface area contributed by atoms with Crippen molar-refractivity contribution in [1.82, 2.24) is 15.2 Å². The van der Waals surface area contributed by atoms with Crippen molar-refractivity contribution in [1.29, 1.82) is 0 Å². The Kier molecular flexibility index (Phi) is 7.14. The Hall–Kier alpha value is -4.57. The van der Waals surface area contributed by atoms with Gasteiger partial charge in [-0.2, -0.15) is 0 Å². The minimum atomic E-state index is -0.431. The SMILES string of the molecule is Cc1cccc(NC(=O)CCN2C(=S)N[C@@H](c3ccccn3)[C@H]2c2ccc(-c3ccccc3[N+](=O)[O-])o2)c1. The highest BCUT2D eigenvalue weighted by molar-refractivity contribution is 7.80. The molecule has 2 atom stereocenters. The molecule has 2 N–H and O–H groups in total. The number of anilines is 1. The summed E-state index contributed by atoms with van der Waals surface area (Å²) in [4.78, 5) is 30.3. The van der Waals surface area contributed by atoms with Gasteiger partial charge in [-0.3, -0.25) is 19.9 Å². The summed E-state index contributed by atoms with van der Waals surface area (Å²) < 4.78 is 6.22. The van der Waals surface area contributed by atoms with Crippen molar-refractivity contribution in [3.63, 3.8) is 0 Å². The molecule has 1 saturated heterocycles. The molecular formula is C28H25N5O4S. The third kappa shape index (κ3) is 5.25. The van der Waals surface area contributed by atoms with Crippen LogP contribution in [0.1, 0.15) is 35.5 Å². The topological polar surface area (TPSA) is 114 Å². The Bertz CT molecular complexity index is 1490. The number of hydrogen-bond acceptors (Lipinski definition) is 6. The summed E-state index contributed by atoms with van der Waals surface area (Å²) in [5.41, 5.74) is 2.89. The number of para-hydroxylation sites is 1. The number of hydrogen-bond donors (Lipinski definition) is 2. The number of benzene rings is 2. The summed E-state index contributed by atoms with van der Waals surface area (Å²) in [5.74, 6) is 0.792. The van der Waals surface area contributed by atoms with E-state index >= 15 is 0 Å². The summed E-state index contributed by atoms with van der Waals surface area (Å²) in [6.45, 7) is 2.30. The first-order chi connectivity index (χ1) is 18.4. The Morgan fingerprint density at radius 2 is 1.95 bits per heavy atom. The molecule has 10 heteroatoms. The maximum absolute atomic E-state index is 12.8. The van der Waals surface area contributed by atoms with Crippen LogP contribution in [0, 0.1) is 17.0 Å². The fraction of sp³-hybridized carbons (Fsp3) is 0.179. The molecule has 192 valence electrons. The lowest BCUT2D eigenvalue weighted by Gasteiger charge is -2.25. The number of carbonyl (C=O) groups is 1. The molecule has 0 unspecified atom stereocenters. The van der Waals surface area contributed by atoms with Crippen molar-refractivity contribution < 1.29 is 14.1 Å². The van der Waals surface area contributed by atoms with Crippen LogP contribution < -0.4 is 10.6 Å². The largest absolute Gasteiger partial charge is 0.459 e. The highest BCUT2D eigenvalue weighted by Crippen LogP contribution is 2.41. The first-order valence-electron chi connectivity index (χ1n) is 12.1. The normalized spacial score (nSPS) is 16.8. The summed E-state index contributed by atoms with van der Waals surface area (Å²) in [6, 6.07) is 22.4. The molecular weight excluding hydrogens is 502 g/mol. The van der Waals surface area contributed by atoms with Gasteiger partial charge in [0.25, 0.3) is 5.69 Å². The molecule has 0 spiro atoms. The van der Waals surface area contributed by atoms with Gasteiger partial charge in [-0.15, -0.1) is 0 Å². The van der Waals surface area contributed by atoms with Crippen molar-refractivity contribution in [2.24, 2.45) is 0 Å². The van der Waals surface area contributed by atoms with Crippen LogP contribution in [0.2, 0.25) is 0 Å². The number of nitrogens with one attached hydrogen (secondary N) is 2. The fourth-order valence-corrected chi connectivity index (χ4v) is 4.95. The third-order valence-corrected chi connectivity index (χ3v) is 6.72. The van der Waals surface area contributed by atoms with Crippen molar-refractivity contribution >= 4 is 34.6 Å². The molecule has 0 radical (unpaired) electrons. The summed E-state index contributed by atoms with van der Waals surface area (Å²) in [6.07, 6.45) is 1.90. The van der Waals surface area contributed by atoms with Crippen molar-refractivity contribution in [2.45, 2.75) is 25.4 Å². The van der Waals surface area contributed by atoms with Gasteiger partial charge in [-0.05, 0) is 67.2 Å².